The van der Waals surface area contributed by atoms with Crippen LogP contribution in [-0.2, 0) is 20.7 Å². The summed E-state index contributed by atoms with van der Waals surface area (Å²) in [6.07, 6.45) is 0.576. The fourth-order valence-electron chi connectivity index (χ4n) is 4.10. The molecule has 1 fully saturated rings. The molecule has 3 aromatic rings. The summed E-state index contributed by atoms with van der Waals surface area (Å²) in [5.41, 5.74) is 2.58. The van der Waals surface area contributed by atoms with E-state index in [1.165, 1.54) is 4.90 Å². The van der Waals surface area contributed by atoms with Crippen molar-refractivity contribution in [3.63, 3.8) is 0 Å². The van der Waals surface area contributed by atoms with Gasteiger partial charge in [0, 0.05) is 17.3 Å². The molecule has 1 atom stereocenters. The van der Waals surface area contributed by atoms with Crippen LogP contribution in [0.25, 0.3) is 0 Å². The lowest BCUT2D eigenvalue weighted by molar-refractivity contribution is -0.124. The van der Waals surface area contributed by atoms with Gasteiger partial charge in [-0.1, -0.05) is 41.9 Å². The number of hydrogen-bond donors (Lipinski definition) is 1. The minimum atomic E-state index is -0.770. The third kappa shape index (κ3) is 6.34. The van der Waals surface area contributed by atoms with Gasteiger partial charge in [0.25, 0.3) is 5.91 Å². The molecule has 0 aliphatic carbocycles. The lowest BCUT2D eigenvalue weighted by Gasteiger charge is -2.24. The number of anilines is 2. The normalized spacial score (nSPS) is 15.1. The van der Waals surface area contributed by atoms with Crippen LogP contribution in [0.15, 0.2) is 78.9 Å². The van der Waals surface area contributed by atoms with Crippen molar-refractivity contribution in [1.29, 1.82) is 0 Å². The molecule has 1 N–H and O–H groups in total. The zero-order valence-electron chi connectivity index (χ0n) is 20.2. The van der Waals surface area contributed by atoms with E-state index >= 15 is 0 Å². The van der Waals surface area contributed by atoms with Crippen molar-refractivity contribution in [3.05, 3.63) is 95.0 Å². The number of hydrogen-bond acceptors (Lipinski definition) is 5. The fourth-order valence-corrected chi connectivity index (χ4v) is 4.64. The first-order valence-corrected chi connectivity index (χ1v) is 12.7. The number of nitrogens with one attached hydrogen (secondary N) is 1. The van der Waals surface area contributed by atoms with Crippen LogP contribution in [0.5, 0.6) is 0 Å². The van der Waals surface area contributed by atoms with E-state index < -0.39 is 12.0 Å². The fraction of sp³-hybridized carbons (Fsp3) is 0.214. The van der Waals surface area contributed by atoms with Gasteiger partial charge in [0.15, 0.2) is 5.11 Å². The summed E-state index contributed by atoms with van der Waals surface area (Å²) in [6.45, 7) is 2.47. The van der Waals surface area contributed by atoms with E-state index in [0.29, 0.717) is 40.0 Å². The number of thiocarbonyl (C=S) groups is 1. The van der Waals surface area contributed by atoms with Gasteiger partial charge in [-0.05, 0) is 79.7 Å². The number of halogens is 1. The summed E-state index contributed by atoms with van der Waals surface area (Å²) in [7, 11) is 0. The molecular formula is C28H26ClN3O4S. The number of ether oxygens (including phenoxy) is 1. The molecule has 1 heterocycles. The maximum atomic E-state index is 13.6. The van der Waals surface area contributed by atoms with E-state index in [9.17, 15) is 14.4 Å². The van der Waals surface area contributed by atoms with Crippen molar-refractivity contribution in [2.75, 3.05) is 23.4 Å². The molecule has 0 aromatic heterocycles. The number of benzene rings is 3. The Morgan fingerprint density at radius 2 is 1.68 bits per heavy atom. The van der Waals surface area contributed by atoms with Gasteiger partial charge >= 0.3 is 5.97 Å². The van der Waals surface area contributed by atoms with Gasteiger partial charge in [-0.15, -0.1) is 0 Å². The topological polar surface area (TPSA) is 78.9 Å². The maximum Gasteiger partial charge on any atom is 0.338 e. The SMILES string of the molecule is CCOC(=O)c1ccc(N2C(=O)C(CC(=O)Nc3ccc(Cl)cc3)N(CCc3ccccc3)C2=S)cc1. The molecule has 0 radical (unpaired) electrons. The van der Waals surface area contributed by atoms with Gasteiger partial charge in [-0.3, -0.25) is 14.5 Å². The lowest BCUT2D eigenvalue weighted by atomic mass is 10.1. The first kappa shape index (κ1) is 26.3. The molecular weight excluding hydrogens is 510 g/mol. The molecule has 0 bridgehead atoms. The van der Waals surface area contributed by atoms with Gasteiger partial charge in [-0.25, -0.2) is 4.79 Å². The predicted octanol–water partition coefficient (Wildman–Crippen LogP) is 5.09. The molecule has 4 rings (SSSR count). The van der Waals surface area contributed by atoms with E-state index in [2.05, 4.69) is 5.32 Å². The van der Waals surface area contributed by atoms with Crippen molar-refractivity contribution in [1.82, 2.24) is 4.90 Å². The Hall–Kier alpha value is -3.75. The Morgan fingerprint density at radius 1 is 1.00 bits per heavy atom. The Kier molecular flexibility index (Phi) is 8.53. The van der Waals surface area contributed by atoms with Crippen LogP contribution >= 0.6 is 23.8 Å². The maximum absolute atomic E-state index is 13.6. The largest absolute Gasteiger partial charge is 0.462 e. The van der Waals surface area contributed by atoms with E-state index in [4.69, 9.17) is 28.6 Å². The van der Waals surface area contributed by atoms with E-state index in [-0.39, 0.29) is 24.8 Å². The third-order valence-electron chi connectivity index (χ3n) is 5.95. The average molecular weight is 536 g/mol. The highest BCUT2D eigenvalue weighted by atomic mass is 35.5. The summed E-state index contributed by atoms with van der Waals surface area (Å²) in [6, 6.07) is 22.4. The molecule has 1 aliphatic heterocycles. The number of nitrogens with zero attached hydrogens (tertiary/aromatic N) is 2. The lowest BCUT2D eigenvalue weighted by Crippen LogP contribution is -2.39. The van der Waals surface area contributed by atoms with Gasteiger partial charge < -0.3 is 15.0 Å². The van der Waals surface area contributed by atoms with Gasteiger partial charge in [0.1, 0.15) is 6.04 Å². The zero-order valence-corrected chi connectivity index (χ0v) is 21.8. The summed E-state index contributed by atoms with van der Waals surface area (Å²) in [5.74, 6) is -1.05. The van der Waals surface area contributed by atoms with Crippen molar-refractivity contribution < 1.29 is 19.1 Å². The summed E-state index contributed by atoms with van der Waals surface area (Å²) < 4.78 is 5.04. The molecule has 7 nitrogen and oxygen atoms in total. The van der Waals surface area contributed by atoms with E-state index in [1.54, 1.807) is 60.4 Å². The van der Waals surface area contributed by atoms with Crippen molar-refractivity contribution >= 4 is 58.1 Å². The van der Waals surface area contributed by atoms with Crippen LogP contribution < -0.4 is 10.2 Å². The highest BCUT2D eigenvalue weighted by Crippen LogP contribution is 2.28. The molecule has 1 saturated heterocycles. The monoisotopic (exact) mass is 535 g/mol. The van der Waals surface area contributed by atoms with Crippen LogP contribution in [0.3, 0.4) is 0 Å². The van der Waals surface area contributed by atoms with Crippen molar-refractivity contribution in [2.45, 2.75) is 25.8 Å². The standard InChI is InChI=1S/C28H26ClN3O4S/c1-2-36-27(35)20-8-14-23(15-9-20)32-26(34)24(18-25(33)30-22-12-10-21(29)11-13-22)31(28(32)37)17-16-19-6-4-3-5-7-19/h3-15,24H,2,16-18H2,1H3,(H,30,33). The first-order chi connectivity index (χ1) is 17.9. The Morgan fingerprint density at radius 3 is 2.32 bits per heavy atom. The molecule has 9 heteroatoms. The van der Waals surface area contributed by atoms with E-state index in [0.717, 1.165) is 5.56 Å². The van der Waals surface area contributed by atoms with Crippen LogP contribution in [0.2, 0.25) is 5.02 Å². The quantitative estimate of drug-likeness (QED) is 0.304. The second-order valence-electron chi connectivity index (χ2n) is 8.43. The second kappa shape index (κ2) is 12.0. The number of rotatable bonds is 9. The molecule has 0 saturated carbocycles. The smallest absolute Gasteiger partial charge is 0.338 e. The van der Waals surface area contributed by atoms with E-state index in [1.807, 2.05) is 30.3 Å². The van der Waals surface area contributed by atoms with Gasteiger partial charge in [0.05, 0.1) is 24.3 Å². The van der Waals surface area contributed by atoms with Crippen LogP contribution in [0, 0.1) is 0 Å². The van der Waals surface area contributed by atoms with Gasteiger partial charge in [-0.2, -0.15) is 0 Å². The Bertz CT molecular complexity index is 1280. The Labute approximate surface area is 226 Å². The molecule has 1 unspecified atom stereocenters. The zero-order chi connectivity index (χ0) is 26.4. The molecule has 3 aromatic carbocycles. The third-order valence-corrected chi connectivity index (χ3v) is 6.62. The number of esters is 1. The molecule has 1 aliphatic rings. The summed E-state index contributed by atoms with van der Waals surface area (Å²) in [4.78, 5) is 41.8. The molecule has 37 heavy (non-hydrogen) atoms. The average Bonchev–Trinajstić information content (AvgIpc) is 3.13. The van der Waals surface area contributed by atoms with Crippen molar-refractivity contribution in [3.8, 4) is 0 Å². The Balaban J connectivity index is 1.55. The van der Waals surface area contributed by atoms with Crippen LogP contribution in [0.4, 0.5) is 11.4 Å². The van der Waals surface area contributed by atoms with Crippen LogP contribution in [0.1, 0.15) is 29.3 Å². The molecule has 0 spiro atoms. The second-order valence-corrected chi connectivity index (χ2v) is 9.23. The minimum absolute atomic E-state index is 0.0756. The number of carbonyl (C=O) groups is 3. The minimum Gasteiger partial charge on any atom is -0.462 e. The summed E-state index contributed by atoms with van der Waals surface area (Å²) in [5, 5.41) is 3.70. The number of amides is 2. The van der Waals surface area contributed by atoms with Gasteiger partial charge in [0.2, 0.25) is 5.91 Å². The molecule has 2 amide bonds. The highest BCUT2D eigenvalue weighted by molar-refractivity contribution is 7.80. The molecule has 190 valence electrons. The highest BCUT2D eigenvalue weighted by Gasteiger charge is 2.43. The summed E-state index contributed by atoms with van der Waals surface area (Å²) >= 11 is 11.7. The van der Waals surface area contributed by atoms with Crippen LogP contribution in [-0.4, -0.2) is 47.0 Å². The van der Waals surface area contributed by atoms with Crippen molar-refractivity contribution in [2.24, 2.45) is 0 Å². The first-order valence-electron chi connectivity index (χ1n) is 11.9. The predicted molar refractivity (Wildman–Crippen MR) is 148 cm³/mol. The number of carbonyl (C=O) groups excluding carboxylic acids is 3.